The van der Waals surface area contributed by atoms with Gasteiger partial charge in [0.1, 0.15) is 12.1 Å². The van der Waals surface area contributed by atoms with Crippen molar-refractivity contribution in [2.45, 2.75) is 45.3 Å². The Bertz CT molecular complexity index is 1620. The van der Waals surface area contributed by atoms with Crippen molar-refractivity contribution in [1.29, 1.82) is 0 Å². The van der Waals surface area contributed by atoms with Gasteiger partial charge in [-0.25, -0.2) is 0 Å². The highest BCUT2D eigenvalue weighted by Crippen LogP contribution is 2.21. The second-order valence-corrected chi connectivity index (χ2v) is 12.4. The third-order valence-corrected chi connectivity index (χ3v) is 8.28. The fraction of sp³-hybridized carbons (Fsp3) is 0.324. The fourth-order valence-electron chi connectivity index (χ4n) is 5.29. The predicted molar refractivity (Wildman–Crippen MR) is 178 cm³/mol. The van der Waals surface area contributed by atoms with E-state index in [1.807, 2.05) is 92.7 Å². The zero-order chi connectivity index (χ0) is 32.6. The monoisotopic (exact) mass is 608 g/mol. The van der Waals surface area contributed by atoms with E-state index in [1.54, 1.807) is 32.3 Å². The number of nitrogens with zero attached hydrogens (tertiary/aromatic N) is 2. The fourth-order valence-corrected chi connectivity index (χ4v) is 5.29. The van der Waals surface area contributed by atoms with Crippen LogP contribution in [0.15, 0.2) is 97.1 Å². The lowest BCUT2D eigenvalue weighted by Gasteiger charge is -2.35. The predicted octanol–water partition coefficient (Wildman–Crippen LogP) is 4.19. The Labute approximate surface area is 265 Å². The lowest BCUT2D eigenvalue weighted by Crippen LogP contribution is -2.56. The van der Waals surface area contributed by atoms with Crippen molar-refractivity contribution >= 4 is 28.5 Å². The first-order valence-corrected chi connectivity index (χ1v) is 15.3. The minimum absolute atomic E-state index is 0.0997. The van der Waals surface area contributed by atoms with Gasteiger partial charge in [-0.05, 0) is 39.6 Å². The normalized spacial score (nSPS) is 12.8. The van der Waals surface area contributed by atoms with Crippen LogP contribution >= 0.6 is 0 Å². The van der Waals surface area contributed by atoms with E-state index < -0.39 is 17.5 Å². The van der Waals surface area contributed by atoms with E-state index in [1.165, 1.54) is 9.80 Å². The molecule has 0 aliphatic rings. The van der Waals surface area contributed by atoms with E-state index in [-0.39, 0.29) is 50.3 Å². The highest BCUT2D eigenvalue weighted by molar-refractivity contribution is 5.98. The highest BCUT2D eigenvalue weighted by Gasteiger charge is 2.36. The molecular formula is C37H44N4O4. The number of nitrogens with two attached hydrogens (primary N) is 1. The van der Waals surface area contributed by atoms with Gasteiger partial charge < -0.3 is 26.0 Å². The summed E-state index contributed by atoms with van der Waals surface area (Å²) in [6.45, 7) is 4.14. The van der Waals surface area contributed by atoms with Crippen LogP contribution in [0.25, 0.3) is 10.8 Å². The summed E-state index contributed by atoms with van der Waals surface area (Å²) in [5.41, 5.74) is 8.35. The van der Waals surface area contributed by atoms with E-state index in [9.17, 15) is 19.5 Å². The first-order valence-electron chi connectivity index (χ1n) is 15.3. The van der Waals surface area contributed by atoms with Crippen LogP contribution in [0.5, 0.6) is 0 Å². The molecule has 0 aliphatic heterocycles. The second-order valence-electron chi connectivity index (χ2n) is 12.4. The largest absolute Gasteiger partial charge is 0.396 e. The average molecular weight is 609 g/mol. The number of nitrogens with one attached hydrogen (secondary N) is 1. The number of likely N-dealkylation sites (N-methyl/N-ethyl adjacent to an activating group) is 2. The van der Waals surface area contributed by atoms with Gasteiger partial charge in [0.05, 0.1) is 0 Å². The first-order chi connectivity index (χ1) is 21.5. The van der Waals surface area contributed by atoms with Crippen LogP contribution in [-0.2, 0) is 29.0 Å². The Morgan fingerprint density at radius 2 is 1.40 bits per heavy atom. The third-order valence-electron chi connectivity index (χ3n) is 8.28. The molecule has 0 saturated carbocycles. The summed E-state index contributed by atoms with van der Waals surface area (Å²) < 4.78 is 0. The quantitative estimate of drug-likeness (QED) is 0.211. The van der Waals surface area contributed by atoms with Crippen molar-refractivity contribution in [2.75, 3.05) is 27.2 Å². The molecule has 8 nitrogen and oxygen atoms in total. The van der Waals surface area contributed by atoms with Crippen molar-refractivity contribution in [3.8, 4) is 0 Å². The van der Waals surface area contributed by atoms with Crippen LogP contribution < -0.4 is 11.1 Å². The molecule has 0 saturated heterocycles. The van der Waals surface area contributed by atoms with Crippen LogP contribution in [0, 0.1) is 5.41 Å². The zero-order valence-corrected chi connectivity index (χ0v) is 26.6. The van der Waals surface area contributed by atoms with Crippen LogP contribution in [0.1, 0.15) is 40.9 Å². The van der Waals surface area contributed by atoms with Gasteiger partial charge >= 0.3 is 0 Å². The molecule has 0 bridgehead atoms. The van der Waals surface area contributed by atoms with Crippen molar-refractivity contribution in [3.05, 3.63) is 119 Å². The molecule has 0 aliphatic carbocycles. The molecule has 45 heavy (non-hydrogen) atoms. The molecule has 0 spiro atoms. The summed E-state index contributed by atoms with van der Waals surface area (Å²) in [7, 11) is 3.25. The lowest BCUT2D eigenvalue weighted by molar-refractivity contribution is -0.142. The molecule has 0 fully saturated rings. The van der Waals surface area contributed by atoms with E-state index in [4.69, 9.17) is 5.73 Å². The number of amides is 3. The number of fused-ring (bicyclic) bond motifs is 1. The molecule has 2 atom stereocenters. The van der Waals surface area contributed by atoms with Crippen LogP contribution in [-0.4, -0.2) is 72.0 Å². The molecule has 0 unspecified atom stereocenters. The minimum atomic E-state index is -0.898. The molecule has 0 heterocycles. The number of aliphatic hydroxyl groups is 1. The maximum absolute atomic E-state index is 14.5. The van der Waals surface area contributed by atoms with Gasteiger partial charge in [-0.15, -0.1) is 0 Å². The smallest absolute Gasteiger partial charge is 0.254 e. The number of hydrogen-bond donors (Lipinski definition) is 3. The van der Waals surface area contributed by atoms with Crippen LogP contribution in [0.2, 0.25) is 0 Å². The number of benzene rings is 4. The van der Waals surface area contributed by atoms with Gasteiger partial charge in [-0.3, -0.25) is 14.4 Å². The molecule has 0 aromatic heterocycles. The van der Waals surface area contributed by atoms with E-state index in [0.717, 1.165) is 27.5 Å². The van der Waals surface area contributed by atoms with Crippen molar-refractivity contribution in [2.24, 2.45) is 11.1 Å². The third kappa shape index (κ3) is 8.56. The van der Waals surface area contributed by atoms with E-state index in [2.05, 4.69) is 5.32 Å². The molecule has 4 aromatic rings. The van der Waals surface area contributed by atoms with Crippen LogP contribution in [0.4, 0.5) is 0 Å². The summed E-state index contributed by atoms with van der Waals surface area (Å²) >= 11 is 0. The Morgan fingerprint density at radius 1 is 0.756 bits per heavy atom. The summed E-state index contributed by atoms with van der Waals surface area (Å²) in [5, 5.41) is 14.8. The number of carbonyl (C=O) groups excluding carboxylic acids is 3. The first kappa shape index (κ1) is 33.4. The summed E-state index contributed by atoms with van der Waals surface area (Å²) in [6.07, 6.45) is 0.539. The zero-order valence-electron chi connectivity index (χ0n) is 26.6. The summed E-state index contributed by atoms with van der Waals surface area (Å²) in [5.74, 6) is -0.997. The van der Waals surface area contributed by atoms with Gasteiger partial charge in [0.25, 0.3) is 5.91 Å². The standard InChI is InChI=1S/C37H44N4O4/c1-37(2,25-42)24-39-34(43)32(21-26-11-6-5-7-12-26)40(3)36(45)33(22-27-17-18-29-14-8-9-15-30(29)19-27)41(4)35(44)31-16-10-13-28(20-31)23-38/h5-20,32-33,42H,21-25,38H2,1-4H3,(H,39,43)/t32-,33-/m1/s1. The Balaban J connectivity index is 1.69. The number of carbonyl (C=O) groups is 3. The lowest BCUT2D eigenvalue weighted by atomic mass is 9.94. The van der Waals surface area contributed by atoms with Gasteiger partial charge in [-0.1, -0.05) is 98.8 Å². The van der Waals surface area contributed by atoms with Gasteiger partial charge in [0, 0.05) is 57.6 Å². The Hall–Kier alpha value is -4.53. The Kier molecular flexibility index (Phi) is 11.1. The summed E-state index contributed by atoms with van der Waals surface area (Å²) in [4.78, 5) is 45.0. The number of rotatable bonds is 13. The number of aliphatic hydroxyl groups excluding tert-OH is 1. The number of hydrogen-bond acceptors (Lipinski definition) is 5. The SMILES string of the molecule is CN(C(=O)c1cccc(CN)c1)[C@H](Cc1ccc2ccccc2c1)C(=O)N(C)[C@H](Cc1ccccc1)C(=O)NCC(C)(C)CO. The van der Waals surface area contributed by atoms with Gasteiger partial charge in [-0.2, -0.15) is 0 Å². The molecule has 3 amide bonds. The maximum Gasteiger partial charge on any atom is 0.254 e. The molecule has 4 N–H and O–H groups in total. The van der Waals surface area contributed by atoms with Crippen molar-refractivity contribution in [3.63, 3.8) is 0 Å². The molecule has 8 heteroatoms. The van der Waals surface area contributed by atoms with E-state index in [0.29, 0.717) is 5.56 Å². The van der Waals surface area contributed by atoms with Crippen molar-refractivity contribution < 1.29 is 19.5 Å². The highest BCUT2D eigenvalue weighted by atomic mass is 16.3. The topological polar surface area (TPSA) is 116 Å². The molecule has 0 radical (unpaired) electrons. The molecule has 4 rings (SSSR count). The summed E-state index contributed by atoms with van der Waals surface area (Å²) in [6, 6.07) is 28.9. The minimum Gasteiger partial charge on any atom is -0.396 e. The average Bonchev–Trinajstić information content (AvgIpc) is 3.07. The molecular weight excluding hydrogens is 564 g/mol. The van der Waals surface area contributed by atoms with Crippen molar-refractivity contribution in [1.82, 2.24) is 15.1 Å². The van der Waals surface area contributed by atoms with Gasteiger partial charge in [0.2, 0.25) is 11.8 Å². The Morgan fingerprint density at radius 3 is 2.09 bits per heavy atom. The maximum atomic E-state index is 14.5. The molecule has 236 valence electrons. The van der Waals surface area contributed by atoms with E-state index >= 15 is 0 Å². The second kappa shape index (κ2) is 15.0. The van der Waals surface area contributed by atoms with Gasteiger partial charge in [0.15, 0.2) is 0 Å². The van der Waals surface area contributed by atoms with Crippen LogP contribution in [0.3, 0.4) is 0 Å². The molecule has 4 aromatic carbocycles.